The smallest absolute Gasteiger partial charge is 0.243 e. The molecule has 0 saturated heterocycles. The van der Waals surface area contributed by atoms with Crippen LogP contribution in [-0.4, -0.2) is 52.2 Å². The van der Waals surface area contributed by atoms with Crippen molar-refractivity contribution in [3.63, 3.8) is 0 Å². The Balaban J connectivity index is 1.90. The average Bonchev–Trinajstić information content (AvgIpc) is 3.08. The third-order valence-corrected chi connectivity index (χ3v) is 6.32. The highest BCUT2D eigenvalue weighted by atomic mass is 32.2. The summed E-state index contributed by atoms with van der Waals surface area (Å²) in [7, 11) is -1.99. The molecule has 23 heavy (non-hydrogen) atoms. The number of methoxy groups -OCH3 is 1. The van der Waals surface area contributed by atoms with Gasteiger partial charge in [-0.05, 0) is 25.0 Å². The van der Waals surface area contributed by atoms with Gasteiger partial charge in [-0.1, -0.05) is 12.8 Å². The molecule has 1 fully saturated rings. The van der Waals surface area contributed by atoms with Gasteiger partial charge in [0, 0.05) is 25.8 Å². The Morgan fingerprint density at radius 1 is 1.17 bits per heavy atom. The van der Waals surface area contributed by atoms with E-state index in [4.69, 9.17) is 14.2 Å². The number of hydrogen-bond acceptors (Lipinski definition) is 5. The molecule has 1 aliphatic heterocycles. The number of hydrogen-bond donors (Lipinski definition) is 0. The zero-order valence-electron chi connectivity index (χ0n) is 13.4. The summed E-state index contributed by atoms with van der Waals surface area (Å²) in [5.74, 6) is 1.09. The molecule has 6 nitrogen and oxygen atoms in total. The van der Waals surface area contributed by atoms with Crippen LogP contribution in [0.1, 0.15) is 25.7 Å². The Bertz CT molecular complexity index is 640. The number of benzene rings is 1. The molecular formula is C16H23NO5S. The summed E-state index contributed by atoms with van der Waals surface area (Å²) >= 11 is 0. The van der Waals surface area contributed by atoms with Crippen molar-refractivity contribution in [1.82, 2.24) is 4.31 Å². The third-order valence-electron chi connectivity index (χ3n) is 4.37. The van der Waals surface area contributed by atoms with Gasteiger partial charge in [-0.25, -0.2) is 8.42 Å². The van der Waals surface area contributed by atoms with Gasteiger partial charge >= 0.3 is 0 Å². The number of ether oxygens (including phenoxy) is 3. The first-order chi connectivity index (χ1) is 11.1. The van der Waals surface area contributed by atoms with Crippen molar-refractivity contribution >= 4 is 10.0 Å². The highest BCUT2D eigenvalue weighted by Crippen LogP contribution is 2.35. The van der Waals surface area contributed by atoms with Crippen LogP contribution in [0.5, 0.6) is 11.5 Å². The van der Waals surface area contributed by atoms with E-state index in [2.05, 4.69) is 0 Å². The third kappa shape index (κ3) is 3.46. The Morgan fingerprint density at radius 2 is 1.87 bits per heavy atom. The normalized spacial score (nSPS) is 18.5. The molecule has 3 rings (SSSR count). The van der Waals surface area contributed by atoms with Gasteiger partial charge in [-0.3, -0.25) is 0 Å². The highest BCUT2D eigenvalue weighted by molar-refractivity contribution is 7.89. The lowest BCUT2D eigenvalue weighted by Crippen LogP contribution is -2.40. The minimum Gasteiger partial charge on any atom is -0.486 e. The maximum Gasteiger partial charge on any atom is 0.243 e. The molecule has 0 unspecified atom stereocenters. The van der Waals surface area contributed by atoms with E-state index < -0.39 is 10.0 Å². The van der Waals surface area contributed by atoms with Crippen LogP contribution in [0.3, 0.4) is 0 Å². The van der Waals surface area contributed by atoms with Crippen molar-refractivity contribution in [2.75, 3.05) is 33.5 Å². The zero-order valence-corrected chi connectivity index (χ0v) is 14.2. The van der Waals surface area contributed by atoms with Gasteiger partial charge in [0.05, 0.1) is 11.5 Å². The maximum absolute atomic E-state index is 13.1. The van der Waals surface area contributed by atoms with E-state index in [-0.39, 0.29) is 10.9 Å². The second kappa shape index (κ2) is 7.07. The average molecular weight is 341 g/mol. The van der Waals surface area contributed by atoms with Gasteiger partial charge < -0.3 is 14.2 Å². The minimum absolute atomic E-state index is 0.0587. The van der Waals surface area contributed by atoms with Crippen molar-refractivity contribution in [2.24, 2.45) is 0 Å². The van der Waals surface area contributed by atoms with Crippen LogP contribution >= 0.6 is 0 Å². The molecule has 2 aliphatic rings. The molecule has 1 heterocycles. The monoisotopic (exact) mass is 341 g/mol. The molecule has 0 spiro atoms. The molecule has 0 radical (unpaired) electrons. The van der Waals surface area contributed by atoms with E-state index in [1.165, 1.54) is 0 Å². The summed E-state index contributed by atoms with van der Waals surface area (Å²) in [6.45, 7) is 1.69. The summed E-state index contributed by atoms with van der Waals surface area (Å²) in [6, 6.07) is 4.89. The lowest BCUT2D eigenvalue weighted by atomic mass is 10.2. The zero-order chi connectivity index (χ0) is 16.3. The fourth-order valence-corrected chi connectivity index (χ4v) is 4.88. The van der Waals surface area contributed by atoms with Crippen LogP contribution in [0.25, 0.3) is 0 Å². The highest BCUT2D eigenvalue weighted by Gasteiger charge is 2.33. The summed E-state index contributed by atoms with van der Waals surface area (Å²) in [6.07, 6.45) is 3.97. The van der Waals surface area contributed by atoms with E-state index in [0.29, 0.717) is 37.9 Å². The van der Waals surface area contributed by atoms with Crippen molar-refractivity contribution < 1.29 is 22.6 Å². The molecule has 1 aromatic carbocycles. The topological polar surface area (TPSA) is 65.1 Å². The molecule has 0 N–H and O–H groups in total. The van der Waals surface area contributed by atoms with Gasteiger partial charge in [-0.2, -0.15) is 4.31 Å². The van der Waals surface area contributed by atoms with E-state index >= 15 is 0 Å². The first-order valence-electron chi connectivity index (χ1n) is 8.03. The SMILES string of the molecule is COCCN(C1CCCC1)S(=O)(=O)c1ccc2c(c1)OCCO2. The molecule has 128 valence electrons. The quantitative estimate of drug-likeness (QED) is 0.792. The molecule has 0 atom stereocenters. The van der Waals surface area contributed by atoms with E-state index in [1.807, 2.05) is 0 Å². The Kier molecular flexibility index (Phi) is 5.08. The van der Waals surface area contributed by atoms with Gasteiger partial charge in [0.1, 0.15) is 13.2 Å². The van der Waals surface area contributed by atoms with Gasteiger partial charge in [0.2, 0.25) is 10.0 Å². The number of fused-ring (bicyclic) bond motifs is 1. The summed E-state index contributed by atoms with van der Waals surface area (Å²) < 4.78 is 43.8. The fraction of sp³-hybridized carbons (Fsp3) is 0.625. The Labute approximate surface area is 137 Å². The molecule has 0 bridgehead atoms. The predicted molar refractivity (Wildman–Crippen MR) is 85.5 cm³/mol. The second-order valence-electron chi connectivity index (χ2n) is 5.85. The largest absolute Gasteiger partial charge is 0.486 e. The minimum atomic E-state index is -3.57. The summed E-state index contributed by atoms with van der Waals surface area (Å²) in [4.78, 5) is 0.254. The second-order valence-corrected chi connectivity index (χ2v) is 7.74. The van der Waals surface area contributed by atoms with Crippen molar-refractivity contribution in [2.45, 2.75) is 36.6 Å². The lowest BCUT2D eigenvalue weighted by molar-refractivity contribution is 0.165. The van der Waals surface area contributed by atoms with Crippen LogP contribution in [0, 0.1) is 0 Å². The lowest BCUT2D eigenvalue weighted by Gasteiger charge is -2.28. The number of nitrogens with zero attached hydrogens (tertiary/aromatic N) is 1. The van der Waals surface area contributed by atoms with Crippen LogP contribution in [-0.2, 0) is 14.8 Å². The van der Waals surface area contributed by atoms with Crippen LogP contribution < -0.4 is 9.47 Å². The fourth-order valence-electron chi connectivity index (χ4n) is 3.19. The Hall–Kier alpha value is -1.31. The molecule has 1 aliphatic carbocycles. The van der Waals surface area contributed by atoms with Crippen LogP contribution in [0.4, 0.5) is 0 Å². The molecule has 7 heteroatoms. The van der Waals surface area contributed by atoms with Gasteiger partial charge in [0.15, 0.2) is 11.5 Å². The number of sulfonamides is 1. The van der Waals surface area contributed by atoms with Crippen molar-refractivity contribution in [1.29, 1.82) is 0 Å². The number of rotatable bonds is 6. The Morgan fingerprint density at radius 3 is 2.57 bits per heavy atom. The molecule has 1 saturated carbocycles. The van der Waals surface area contributed by atoms with Crippen LogP contribution in [0.2, 0.25) is 0 Å². The molecule has 0 aromatic heterocycles. The van der Waals surface area contributed by atoms with E-state index in [1.54, 1.807) is 29.6 Å². The molecular weight excluding hydrogens is 318 g/mol. The standard InChI is InChI=1S/C16H23NO5S/c1-20-9-8-17(13-4-2-3-5-13)23(18,19)14-6-7-15-16(12-14)22-11-10-21-15/h6-7,12-13H,2-5,8-11H2,1H3. The molecule has 1 aromatic rings. The predicted octanol–water partition coefficient (Wildman–Crippen LogP) is 2.04. The van der Waals surface area contributed by atoms with Crippen molar-refractivity contribution in [3.05, 3.63) is 18.2 Å². The molecule has 0 amide bonds. The first-order valence-corrected chi connectivity index (χ1v) is 9.47. The first kappa shape index (κ1) is 16.5. The summed E-state index contributed by atoms with van der Waals surface area (Å²) in [5, 5.41) is 0. The maximum atomic E-state index is 13.1. The van der Waals surface area contributed by atoms with Gasteiger partial charge in [0.25, 0.3) is 0 Å². The summed E-state index contributed by atoms with van der Waals surface area (Å²) in [5.41, 5.74) is 0. The van der Waals surface area contributed by atoms with Crippen LogP contribution in [0.15, 0.2) is 23.1 Å². The van der Waals surface area contributed by atoms with Gasteiger partial charge in [-0.15, -0.1) is 0 Å². The van der Waals surface area contributed by atoms with E-state index in [0.717, 1.165) is 25.7 Å². The van der Waals surface area contributed by atoms with E-state index in [9.17, 15) is 8.42 Å². The van der Waals surface area contributed by atoms with Crippen molar-refractivity contribution in [3.8, 4) is 11.5 Å².